The third-order valence-electron chi connectivity index (χ3n) is 5.76. The molecule has 0 bridgehead atoms. The number of aromatic nitrogens is 1. The van der Waals surface area contributed by atoms with Gasteiger partial charge in [-0.05, 0) is 47.5 Å². The van der Waals surface area contributed by atoms with Gasteiger partial charge < -0.3 is 25.8 Å². The molecule has 4 N–H and O–H groups in total. The van der Waals surface area contributed by atoms with E-state index in [0.29, 0.717) is 53.0 Å². The highest BCUT2D eigenvalue weighted by Gasteiger charge is 2.22. The van der Waals surface area contributed by atoms with Gasteiger partial charge in [-0.1, -0.05) is 22.0 Å². The molecular formula is C25H23BrF2N4O4. The summed E-state index contributed by atoms with van der Waals surface area (Å²) in [6, 6.07) is 8.42. The number of nitrogens with two attached hydrogens (primary N) is 1. The second-order valence-corrected chi connectivity index (χ2v) is 9.08. The van der Waals surface area contributed by atoms with Crippen LogP contribution in [0.4, 0.5) is 14.6 Å². The highest BCUT2D eigenvalue weighted by molar-refractivity contribution is 9.10. The van der Waals surface area contributed by atoms with E-state index < -0.39 is 30.2 Å². The fourth-order valence-electron chi connectivity index (χ4n) is 3.89. The predicted molar refractivity (Wildman–Crippen MR) is 132 cm³/mol. The molecule has 1 aromatic heterocycles. The van der Waals surface area contributed by atoms with Gasteiger partial charge in [0.1, 0.15) is 17.5 Å². The number of halogens is 3. The van der Waals surface area contributed by atoms with E-state index in [2.05, 4.69) is 26.2 Å². The molecule has 1 atom stereocenters. The number of rotatable bonds is 6. The third-order valence-corrected chi connectivity index (χ3v) is 6.22. The van der Waals surface area contributed by atoms with Crippen LogP contribution in [-0.4, -0.2) is 59.7 Å². The van der Waals surface area contributed by atoms with E-state index >= 15 is 4.39 Å². The summed E-state index contributed by atoms with van der Waals surface area (Å²) in [5.74, 6) is -2.32. The lowest BCUT2D eigenvalue weighted by atomic mass is 10.0. The van der Waals surface area contributed by atoms with Crippen molar-refractivity contribution in [2.45, 2.75) is 6.04 Å². The molecule has 1 saturated heterocycles. The topological polar surface area (TPSA) is 118 Å². The van der Waals surface area contributed by atoms with Gasteiger partial charge in [-0.3, -0.25) is 9.59 Å². The zero-order valence-corrected chi connectivity index (χ0v) is 20.6. The normalized spacial score (nSPS) is 14.4. The van der Waals surface area contributed by atoms with Crippen molar-refractivity contribution in [1.82, 2.24) is 15.2 Å². The molecule has 0 spiro atoms. The Morgan fingerprint density at radius 3 is 2.58 bits per heavy atom. The number of carbonyl (C=O) groups excluding carboxylic acids is 2. The molecule has 2 heterocycles. The Hall–Kier alpha value is -3.41. The number of morpholine rings is 1. The molecule has 11 heteroatoms. The van der Waals surface area contributed by atoms with Crippen molar-refractivity contribution < 1.29 is 28.2 Å². The standard InChI is InChI=1S/C25H23BrF2N4O4/c26-17-7-15(8-18(27)11-17)22(13-33)31-24(34)19-2-1-14(10-21(19)28)20-9-16(12-30-23(20)29)25(35)32-3-5-36-6-4-32/h1-2,7-12,22,33H,3-6,13H2,(H2,29,30)(H,31,34)/t22-/m1/s1. The summed E-state index contributed by atoms with van der Waals surface area (Å²) in [6.45, 7) is 1.29. The third kappa shape index (κ3) is 5.69. The van der Waals surface area contributed by atoms with Crippen LogP contribution in [0.25, 0.3) is 11.1 Å². The van der Waals surface area contributed by atoms with E-state index in [0.717, 1.165) is 6.07 Å². The van der Waals surface area contributed by atoms with Gasteiger partial charge >= 0.3 is 0 Å². The van der Waals surface area contributed by atoms with Crippen LogP contribution in [0.3, 0.4) is 0 Å². The van der Waals surface area contributed by atoms with Crippen molar-refractivity contribution in [2.24, 2.45) is 0 Å². The van der Waals surface area contributed by atoms with Crippen LogP contribution in [0.5, 0.6) is 0 Å². The van der Waals surface area contributed by atoms with E-state index in [9.17, 15) is 19.1 Å². The average Bonchev–Trinajstić information content (AvgIpc) is 2.86. The summed E-state index contributed by atoms with van der Waals surface area (Å²) in [6.07, 6.45) is 1.37. The van der Waals surface area contributed by atoms with Gasteiger partial charge in [-0.25, -0.2) is 13.8 Å². The number of hydrogen-bond acceptors (Lipinski definition) is 6. The maximum absolute atomic E-state index is 15.0. The van der Waals surface area contributed by atoms with Crippen LogP contribution in [0.15, 0.2) is 53.1 Å². The molecule has 0 aliphatic carbocycles. The van der Waals surface area contributed by atoms with Crippen LogP contribution in [0, 0.1) is 11.6 Å². The lowest BCUT2D eigenvalue weighted by Gasteiger charge is -2.27. The molecule has 0 radical (unpaired) electrons. The number of hydrogen-bond donors (Lipinski definition) is 3. The quantitative estimate of drug-likeness (QED) is 0.425. The summed E-state index contributed by atoms with van der Waals surface area (Å²) >= 11 is 3.17. The first-order valence-corrected chi connectivity index (χ1v) is 11.9. The monoisotopic (exact) mass is 560 g/mol. The minimum Gasteiger partial charge on any atom is -0.394 e. The van der Waals surface area contributed by atoms with Crippen molar-refractivity contribution in [3.8, 4) is 11.1 Å². The first kappa shape index (κ1) is 25.7. The summed E-state index contributed by atoms with van der Waals surface area (Å²) in [4.78, 5) is 31.3. The van der Waals surface area contributed by atoms with Crippen molar-refractivity contribution in [1.29, 1.82) is 0 Å². The van der Waals surface area contributed by atoms with E-state index in [1.54, 1.807) is 11.0 Å². The fraction of sp³-hybridized carbons (Fsp3) is 0.240. The van der Waals surface area contributed by atoms with Gasteiger partial charge in [0.15, 0.2) is 0 Å². The van der Waals surface area contributed by atoms with Crippen LogP contribution in [-0.2, 0) is 4.74 Å². The first-order chi connectivity index (χ1) is 17.3. The molecule has 2 amide bonds. The van der Waals surface area contributed by atoms with E-state index in [1.807, 2.05) is 0 Å². The molecular weight excluding hydrogens is 538 g/mol. The smallest absolute Gasteiger partial charge is 0.255 e. The molecule has 4 rings (SSSR count). The average molecular weight is 561 g/mol. The number of nitrogens with zero attached hydrogens (tertiary/aromatic N) is 2. The van der Waals surface area contributed by atoms with Gasteiger partial charge in [-0.15, -0.1) is 0 Å². The Balaban J connectivity index is 1.56. The molecule has 188 valence electrons. The van der Waals surface area contributed by atoms with Crippen molar-refractivity contribution >= 4 is 33.6 Å². The van der Waals surface area contributed by atoms with Gasteiger partial charge in [0.2, 0.25) is 0 Å². The second kappa shape index (κ2) is 11.1. The SMILES string of the molecule is Nc1ncc(C(=O)N2CCOCC2)cc1-c1ccc(C(=O)N[C@H](CO)c2cc(F)cc(Br)c2)c(F)c1. The molecule has 8 nitrogen and oxygen atoms in total. The Bertz CT molecular complexity index is 1280. The number of aliphatic hydroxyl groups is 1. The van der Waals surface area contributed by atoms with E-state index in [-0.39, 0.29) is 17.3 Å². The van der Waals surface area contributed by atoms with Crippen molar-refractivity contribution in [2.75, 3.05) is 38.6 Å². The number of pyridine rings is 1. The predicted octanol–water partition coefficient (Wildman–Crippen LogP) is 3.31. The molecule has 1 aliphatic rings. The van der Waals surface area contributed by atoms with Gasteiger partial charge in [0.05, 0.1) is 37.0 Å². The minimum absolute atomic E-state index is 0.0992. The highest BCUT2D eigenvalue weighted by Crippen LogP contribution is 2.28. The van der Waals surface area contributed by atoms with Crippen LogP contribution < -0.4 is 11.1 Å². The number of carbonyl (C=O) groups is 2. The maximum Gasteiger partial charge on any atom is 0.255 e. The summed E-state index contributed by atoms with van der Waals surface area (Å²) in [5, 5.41) is 12.2. The van der Waals surface area contributed by atoms with Gasteiger partial charge in [0.25, 0.3) is 11.8 Å². The molecule has 0 unspecified atom stereocenters. The lowest BCUT2D eigenvalue weighted by Crippen LogP contribution is -2.40. The Labute approximate surface area is 214 Å². The number of anilines is 1. The zero-order valence-electron chi connectivity index (χ0n) is 19.0. The number of nitrogens with one attached hydrogen (secondary N) is 1. The molecule has 0 saturated carbocycles. The fourth-order valence-corrected chi connectivity index (χ4v) is 4.37. The van der Waals surface area contributed by atoms with Crippen LogP contribution >= 0.6 is 15.9 Å². The van der Waals surface area contributed by atoms with Gasteiger partial charge in [0, 0.05) is 29.3 Å². The largest absolute Gasteiger partial charge is 0.394 e. The maximum atomic E-state index is 15.0. The molecule has 1 fully saturated rings. The minimum atomic E-state index is -0.952. The Morgan fingerprint density at radius 1 is 1.17 bits per heavy atom. The van der Waals surface area contributed by atoms with E-state index in [4.69, 9.17) is 10.5 Å². The molecule has 1 aliphatic heterocycles. The summed E-state index contributed by atoms with van der Waals surface area (Å²) in [5.41, 5.74) is 7.02. The Kier molecular flexibility index (Phi) is 7.92. The summed E-state index contributed by atoms with van der Waals surface area (Å²) in [7, 11) is 0. The molecule has 36 heavy (non-hydrogen) atoms. The number of nitrogen functional groups attached to an aromatic ring is 1. The van der Waals surface area contributed by atoms with E-state index in [1.165, 1.54) is 36.5 Å². The number of ether oxygens (including phenoxy) is 1. The number of benzene rings is 2. The second-order valence-electron chi connectivity index (χ2n) is 8.17. The highest BCUT2D eigenvalue weighted by atomic mass is 79.9. The number of amides is 2. The van der Waals surface area contributed by atoms with Crippen LogP contribution in [0.1, 0.15) is 32.3 Å². The first-order valence-electron chi connectivity index (χ1n) is 11.1. The summed E-state index contributed by atoms with van der Waals surface area (Å²) < 4.78 is 34.5. The number of aliphatic hydroxyl groups excluding tert-OH is 1. The lowest BCUT2D eigenvalue weighted by molar-refractivity contribution is 0.0302. The van der Waals surface area contributed by atoms with Crippen molar-refractivity contribution in [3.63, 3.8) is 0 Å². The Morgan fingerprint density at radius 2 is 1.92 bits per heavy atom. The van der Waals surface area contributed by atoms with Gasteiger partial charge in [-0.2, -0.15) is 0 Å². The zero-order chi connectivity index (χ0) is 25.8. The van der Waals surface area contributed by atoms with Crippen LogP contribution in [0.2, 0.25) is 0 Å². The molecule has 2 aromatic carbocycles. The van der Waals surface area contributed by atoms with Crippen molar-refractivity contribution in [3.05, 3.63) is 81.5 Å². The molecule has 3 aromatic rings.